The van der Waals surface area contributed by atoms with Gasteiger partial charge in [-0.2, -0.15) is 0 Å². The lowest BCUT2D eigenvalue weighted by molar-refractivity contribution is 0.302. The van der Waals surface area contributed by atoms with E-state index in [1.165, 1.54) is 5.57 Å². The van der Waals surface area contributed by atoms with Crippen LogP contribution in [-0.2, 0) is 0 Å². The molecule has 1 aromatic carbocycles. The van der Waals surface area contributed by atoms with Crippen molar-refractivity contribution >= 4 is 35.6 Å². The Balaban J connectivity index is 0.00000242. The van der Waals surface area contributed by atoms with Crippen molar-refractivity contribution in [2.45, 2.75) is 13.3 Å². The maximum Gasteiger partial charge on any atom is 0.193 e. The maximum atomic E-state index is 13.4. The minimum absolute atomic E-state index is 0. The smallest absolute Gasteiger partial charge is 0.193 e. The molecule has 7 heteroatoms. The number of nitrogens with zero attached hydrogens (tertiary/aromatic N) is 2. The van der Waals surface area contributed by atoms with Crippen molar-refractivity contribution in [2.75, 3.05) is 31.5 Å². The third kappa shape index (κ3) is 5.88. The lowest BCUT2D eigenvalue weighted by atomic mass is 10.1. The second-order valence-electron chi connectivity index (χ2n) is 5.12. The first-order valence-electron chi connectivity index (χ1n) is 6.94. The lowest BCUT2D eigenvalue weighted by Crippen LogP contribution is -2.32. The van der Waals surface area contributed by atoms with Crippen molar-refractivity contribution in [3.63, 3.8) is 0 Å². The predicted molar refractivity (Wildman–Crippen MR) is 96.7 cm³/mol. The second-order valence-corrected chi connectivity index (χ2v) is 5.12. The Kier molecular flexibility index (Phi) is 7.74. The van der Waals surface area contributed by atoms with Crippen LogP contribution in [0.1, 0.15) is 13.3 Å². The zero-order valence-electron chi connectivity index (χ0n) is 12.5. The van der Waals surface area contributed by atoms with E-state index in [0.717, 1.165) is 44.3 Å². The highest BCUT2D eigenvalue weighted by Crippen LogP contribution is 2.14. The van der Waals surface area contributed by atoms with Crippen LogP contribution in [0.2, 0.25) is 0 Å². The summed E-state index contributed by atoms with van der Waals surface area (Å²) in [5.74, 6) is -1.00. The zero-order valence-corrected chi connectivity index (χ0v) is 14.8. The van der Waals surface area contributed by atoms with Crippen LogP contribution in [0.4, 0.5) is 14.5 Å². The molecule has 0 radical (unpaired) electrons. The molecule has 1 heterocycles. The molecule has 1 aliphatic heterocycles. The Bertz CT molecular complexity index is 560. The molecule has 0 bridgehead atoms. The summed E-state index contributed by atoms with van der Waals surface area (Å²) in [4.78, 5) is 6.41. The van der Waals surface area contributed by atoms with Gasteiger partial charge in [0, 0.05) is 25.7 Å². The van der Waals surface area contributed by atoms with E-state index in [2.05, 4.69) is 28.2 Å². The van der Waals surface area contributed by atoms with Gasteiger partial charge in [-0.15, -0.1) is 24.0 Å². The van der Waals surface area contributed by atoms with E-state index in [0.29, 0.717) is 6.54 Å². The molecule has 0 saturated heterocycles. The molecule has 1 aromatic rings. The Labute approximate surface area is 146 Å². The summed E-state index contributed by atoms with van der Waals surface area (Å²) in [6, 6.07) is 3.16. The number of aliphatic imine (C=N–C) groups is 1. The minimum Gasteiger partial charge on any atom is -0.370 e. The summed E-state index contributed by atoms with van der Waals surface area (Å²) in [6.07, 6.45) is 3.28. The minimum atomic E-state index is -0.564. The molecule has 3 N–H and O–H groups in total. The van der Waals surface area contributed by atoms with Crippen molar-refractivity contribution in [1.82, 2.24) is 4.90 Å². The molecule has 2 rings (SSSR count). The average molecular weight is 422 g/mol. The number of rotatable bonds is 4. The highest BCUT2D eigenvalue weighted by atomic mass is 127. The molecule has 1 aliphatic rings. The fourth-order valence-corrected chi connectivity index (χ4v) is 2.10. The van der Waals surface area contributed by atoms with E-state index in [-0.39, 0.29) is 35.6 Å². The van der Waals surface area contributed by atoms with Gasteiger partial charge in [-0.25, -0.2) is 8.78 Å². The maximum absolute atomic E-state index is 13.4. The van der Waals surface area contributed by atoms with E-state index in [1.54, 1.807) is 0 Å². The first kappa shape index (κ1) is 18.8. The number of hydrogen-bond donors (Lipinski definition) is 2. The first-order valence-corrected chi connectivity index (χ1v) is 6.94. The van der Waals surface area contributed by atoms with Gasteiger partial charge in [-0.1, -0.05) is 11.6 Å². The molecule has 0 aromatic heterocycles. The van der Waals surface area contributed by atoms with Crippen LogP contribution < -0.4 is 11.1 Å². The van der Waals surface area contributed by atoms with Gasteiger partial charge in [0.2, 0.25) is 0 Å². The van der Waals surface area contributed by atoms with E-state index in [1.807, 2.05) is 0 Å². The van der Waals surface area contributed by atoms with Crippen LogP contribution in [0.5, 0.6) is 0 Å². The quantitative estimate of drug-likeness (QED) is 0.340. The van der Waals surface area contributed by atoms with Crippen molar-refractivity contribution < 1.29 is 8.78 Å². The third-order valence-corrected chi connectivity index (χ3v) is 3.41. The van der Waals surface area contributed by atoms with Gasteiger partial charge in [0.05, 0.1) is 12.2 Å². The lowest BCUT2D eigenvalue weighted by Gasteiger charge is -2.24. The number of nitrogens with two attached hydrogens (primary N) is 1. The summed E-state index contributed by atoms with van der Waals surface area (Å²) in [7, 11) is 0. The van der Waals surface area contributed by atoms with Gasteiger partial charge in [-0.3, -0.25) is 9.89 Å². The van der Waals surface area contributed by atoms with Gasteiger partial charge in [-0.05, 0) is 25.5 Å². The fourth-order valence-electron chi connectivity index (χ4n) is 2.10. The van der Waals surface area contributed by atoms with Crippen LogP contribution >= 0.6 is 24.0 Å². The van der Waals surface area contributed by atoms with E-state index in [4.69, 9.17) is 5.73 Å². The molecule has 0 spiro atoms. The van der Waals surface area contributed by atoms with Crippen LogP contribution in [0.3, 0.4) is 0 Å². The van der Waals surface area contributed by atoms with Crippen molar-refractivity contribution in [3.8, 4) is 0 Å². The van der Waals surface area contributed by atoms with Crippen LogP contribution in [0.15, 0.2) is 34.8 Å². The Morgan fingerprint density at radius 2 is 2.18 bits per heavy atom. The monoisotopic (exact) mass is 422 g/mol. The van der Waals surface area contributed by atoms with Crippen molar-refractivity contribution in [1.29, 1.82) is 0 Å². The van der Waals surface area contributed by atoms with Crippen LogP contribution in [0.25, 0.3) is 0 Å². The van der Waals surface area contributed by atoms with E-state index >= 15 is 0 Å². The van der Waals surface area contributed by atoms with Crippen molar-refractivity contribution in [2.24, 2.45) is 10.7 Å². The van der Waals surface area contributed by atoms with Gasteiger partial charge in [0.15, 0.2) is 5.96 Å². The number of anilines is 1. The molecular formula is C15H21F2IN4. The Morgan fingerprint density at radius 3 is 2.86 bits per heavy atom. The molecular weight excluding hydrogens is 401 g/mol. The van der Waals surface area contributed by atoms with Crippen LogP contribution in [0, 0.1) is 11.6 Å². The fraction of sp³-hybridized carbons (Fsp3) is 0.400. The molecule has 122 valence electrons. The van der Waals surface area contributed by atoms with Gasteiger partial charge in [0.25, 0.3) is 0 Å². The SMILES string of the molecule is CC1=CCN(CCN=C(N)Nc2cc(F)ccc2F)CC1.I. The number of benzene rings is 1. The standard InChI is InChI=1S/C15H20F2N4.HI/c1-11-4-7-21(8-5-11)9-6-19-15(18)20-14-10-12(16)2-3-13(14)17;/h2-4,10H,5-9H2,1H3,(H3,18,19,20);1H. The van der Waals surface area contributed by atoms with Crippen molar-refractivity contribution in [3.05, 3.63) is 41.5 Å². The summed E-state index contributed by atoms with van der Waals surface area (Å²) >= 11 is 0. The van der Waals surface area contributed by atoms with Gasteiger partial charge in [0.1, 0.15) is 11.6 Å². The number of guanidine groups is 1. The average Bonchev–Trinajstić information content (AvgIpc) is 2.45. The molecule has 0 fully saturated rings. The zero-order chi connectivity index (χ0) is 15.2. The number of nitrogens with one attached hydrogen (secondary N) is 1. The Morgan fingerprint density at radius 1 is 1.41 bits per heavy atom. The first-order chi connectivity index (χ1) is 10.0. The molecule has 0 aliphatic carbocycles. The highest BCUT2D eigenvalue weighted by molar-refractivity contribution is 14.0. The molecule has 0 unspecified atom stereocenters. The molecule has 0 amide bonds. The normalized spacial score (nSPS) is 16.0. The second kappa shape index (κ2) is 9.04. The van der Waals surface area contributed by atoms with Gasteiger partial charge < -0.3 is 11.1 Å². The van der Waals surface area contributed by atoms with Crippen LogP contribution in [-0.4, -0.2) is 37.0 Å². The predicted octanol–water partition coefficient (Wildman–Crippen LogP) is 2.96. The van der Waals surface area contributed by atoms with E-state index in [9.17, 15) is 8.78 Å². The largest absolute Gasteiger partial charge is 0.370 e. The summed E-state index contributed by atoms with van der Waals surface area (Å²) in [5, 5.41) is 2.58. The molecule has 4 nitrogen and oxygen atoms in total. The molecule has 22 heavy (non-hydrogen) atoms. The molecule has 0 atom stereocenters. The summed E-state index contributed by atoms with van der Waals surface area (Å²) < 4.78 is 26.4. The highest BCUT2D eigenvalue weighted by Gasteiger charge is 2.08. The number of hydrogen-bond acceptors (Lipinski definition) is 2. The number of halogens is 3. The van der Waals surface area contributed by atoms with E-state index < -0.39 is 11.6 Å². The Hall–Kier alpha value is -1.22. The van der Waals surface area contributed by atoms with Gasteiger partial charge >= 0.3 is 0 Å². The molecule has 0 saturated carbocycles. The topological polar surface area (TPSA) is 53.6 Å². The summed E-state index contributed by atoms with van der Waals surface area (Å²) in [6.45, 7) is 5.38. The third-order valence-electron chi connectivity index (χ3n) is 3.41. The summed E-state index contributed by atoms with van der Waals surface area (Å²) in [5.41, 5.74) is 7.09.